The molecule has 0 bridgehead atoms. The maximum absolute atomic E-state index is 12.7. The van der Waals surface area contributed by atoms with Gasteiger partial charge in [0.15, 0.2) is 0 Å². The highest BCUT2D eigenvalue weighted by atomic mass is 32.1. The van der Waals surface area contributed by atoms with E-state index in [9.17, 15) is 28.8 Å². The number of ether oxygens (including phenoxy) is 2. The zero-order chi connectivity index (χ0) is 32.0. The number of hydrogen-bond donors (Lipinski definition) is 6. The van der Waals surface area contributed by atoms with Crippen molar-refractivity contribution < 1.29 is 43.3 Å². The van der Waals surface area contributed by atoms with E-state index in [2.05, 4.69) is 33.9 Å². The molecule has 43 heavy (non-hydrogen) atoms. The van der Waals surface area contributed by atoms with Gasteiger partial charge in [-0.1, -0.05) is 30.3 Å². The molecule has 1 saturated heterocycles. The monoisotopic (exact) mass is 623 g/mol. The first-order valence-corrected chi connectivity index (χ1v) is 14.5. The third-order valence-electron chi connectivity index (χ3n) is 6.05. The van der Waals surface area contributed by atoms with Crippen LogP contribution in [0.5, 0.6) is 0 Å². The molecular formula is C28H41N5O9S. The number of carbonyl (C=O) groups is 6. The molecule has 1 aromatic rings. The lowest BCUT2D eigenvalue weighted by Gasteiger charge is -2.36. The van der Waals surface area contributed by atoms with Crippen LogP contribution in [0.25, 0.3) is 0 Å². The first-order valence-electron chi connectivity index (χ1n) is 13.9. The quantitative estimate of drug-likeness (QED) is 0.157. The number of benzene rings is 1. The first kappa shape index (κ1) is 35.3. The highest BCUT2D eigenvalue weighted by Crippen LogP contribution is 2.19. The van der Waals surface area contributed by atoms with Crippen LogP contribution in [0.2, 0.25) is 0 Å². The maximum Gasteiger partial charge on any atom is 0.412 e. The van der Waals surface area contributed by atoms with Gasteiger partial charge < -0.3 is 35.8 Å². The van der Waals surface area contributed by atoms with Crippen molar-refractivity contribution in [2.45, 2.75) is 70.4 Å². The van der Waals surface area contributed by atoms with Gasteiger partial charge in [-0.15, -0.1) is 0 Å². The number of carbonyl (C=O) groups excluding carboxylic acids is 5. The summed E-state index contributed by atoms with van der Waals surface area (Å²) in [7, 11) is 0. The zero-order valence-electron chi connectivity index (χ0n) is 24.6. The molecule has 1 heterocycles. The van der Waals surface area contributed by atoms with Crippen molar-refractivity contribution in [1.82, 2.24) is 26.2 Å². The second-order valence-corrected chi connectivity index (χ2v) is 11.2. The van der Waals surface area contributed by atoms with Crippen LogP contribution < -0.4 is 21.3 Å². The Morgan fingerprint density at radius 3 is 2.26 bits per heavy atom. The van der Waals surface area contributed by atoms with Crippen molar-refractivity contribution in [3.05, 3.63) is 35.9 Å². The molecule has 0 spiro atoms. The van der Waals surface area contributed by atoms with Gasteiger partial charge in [-0.2, -0.15) is 12.6 Å². The molecule has 1 aliphatic rings. The van der Waals surface area contributed by atoms with Gasteiger partial charge in [0, 0.05) is 31.6 Å². The van der Waals surface area contributed by atoms with Crippen molar-refractivity contribution in [3.8, 4) is 0 Å². The summed E-state index contributed by atoms with van der Waals surface area (Å²) in [5.74, 6) is -3.83. The Hall–Kier alpha value is -3.85. The Morgan fingerprint density at radius 2 is 1.63 bits per heavy atom. The van der Waals surface area contributed by atoms with E-state index in [0.717, 1.165) is 5.56 Å². The number of aliphatic carboxylic acids is 1. The summed E-state index contributed by atoms with van der Waals surface area (Å²) >= 11 is 4.13. The summed E-state index contributed by atoms with van der Waals surface area (Å²) < 4.78 is 11.1. The van der Waals surface area contributed by atoms with E-state index in [-0.39, 0.29) is 25.0 Å². The Morgan fingerprint density at radius 1 is 1.00 bits per heavy atom. The number of thiol groups is 1. The predicted octanol–water partition coefficient (Wildman–Crippen LogP) is 0.209. The van der Waals surface area contributed by atoms with Gasteiger partial charge in [-0.3, -0.25) is 28.9 Å². The summed E-state index contributed by atoms with van der Waals surface area (Å²) in [6, 6.07) is 6.66. The molecule has 238 valence electrons. The van der Waals surface area contributed by atoms with Crippen LogP contribution in [0, 0.1) is 0 Å². The molecule has 1 unspecified atom stereocenters. The summed E-state index contributed by atoms with van der Waals surface area (Å²) in [5.41, 5.74) is 0.0452. The summed E-state index contributed by atoms with van der Waals surface area (Å²) in [6.45, 7) is 5.01. The van der Waals surface area contributed by atoms with Crippen LogP contribution in [0.15, 0.2) is 30.3 Å². The maximum atomic E-state index is 12.7. The Labute approximate surface area is 256 Å². The van der Waals surface area contributed by atoms with Gasteiger partial charge in [-0.25, -0.2) is 4.79 Å². The number of nitrogens with zero attached hydrogens (tertiary/aromatic N) is 1. The van der Waals surface area contributed by atoms with Crippen molar-refractivity contribution in [2.24, 2.45) is 0 Å². The summed E-state index contributed by atoms with van der Waals surface area (Å²) in [5, 5.41) is 18.6. The number of nitrogens with one attached hydrogen (secondary N) is 4. The lowest BCUT2D eigenvalue weighted by Crippen LogP contribution is -2.53. The smallest absolute Gasteiger partial charge is 0.412 e. The highest BCUT2D eigenvalue weighted by Gasteiger charge is 2.32. The largest absolute Gasteiger partial charge is 0.480 e. The molecule has 3 atom stereocenters. The van der Waals surface area contributed by atoms with Crippen LogP contribution >= 0.6 is 12.6 Å². The highest BCUT2D eigenvalue weighted by molar-refractivity contribution is 7.80. The minimum absolute atomic E-state index is 0.0470. The average molecular weight is 624 g/mol. The number of carboxylic acids is 1. The Kier molecular flexibility index (Phi) is 14.2. The van der Waals surface area contributed by atoms with Gasteiger partial charge in [0.25, 0.3) is 0 Å². The number of hydrogen-bond acceptors (Lipinski definition) is 9. The molecule has 0 aliphatic carbocycles. The van der Waals surface area contributed by atoms with Crippen molar-refractivity contribution in [3.63, 3.8) is 0 Å². The minimum atomic E-state index is -1.24. The van der Waals surface area contributed by atoms with Crippen LogP contribution in [0.3, 0.4) is 0 Å². The van der Waals surface area contributed by atoms with E-state index < -0.39 is 72.7 Å². The molecule has 1 fully saturated rings. The molecule has 5 amide bonds. The number of rotatable bonds is 14. The van der Waals surface area contributed by atoms with E-state index >= 15 is 0 Å². The fourth-order valence-corrected chi connectivity index (χ4v) is 4.31. The van der Waals surface area contributed by atoms with E-state index in [1.807, 2.05) is 0 Å². The van der Waals surface area contributed by atoms with E-state index in [0.29, 0.717) is 19.6 Å². The molecule has 5 N–H and O–H groups in total. The molecular weight excluding hydrogens is 582 g/mol. The molecule has 0 saturated carbocycles. The third-order valence-corrected chi connectivity index (χ3v) is 6.42. The summed E-state index contributed by atoms with van der Waals surface area (Å²) in [6.07, 6.45) is -0.323. The Balaban J connectivity index is 1.87. The first-order chi connectivity index (χ1) is 20.3. The lowest BCUT2D eigenvalue weighted by atomic mass is 10.1. The standard InChI is InChI=1S/C28H41N5O9S/c1-28(2,3)42-27(40)33-12-7-13-41-23(33)11-10-21(34)32-20(17-43)26(39)29-15-22(35)31-19(25(38)30-16-24(36)37)14-18-8-5-4-6-9-18/h4-6,8-9,19-20,23,43H,7,10-17H2,1-3H3,(H,29,39)(H,30,38)(H,31,35)(H,32,34)(H,36,37)/t19-,20-,23?/m0/s1. The number of carboxylic acid groups (broad SMARTS) is 1. The minimum Gasteiger partial charge on any atom is -0.480 e. The third kappa shape index (κ3) is 13.3. The summed E-state index contributed by atoms with van der Waals surface area (Å²) in [4.78, 5) is 75.3. The fourth-order valence-electron chi connectivity index (χ4n) is 4.05. The second kappa shape index (κ2) is 17.3. The zero-order valence-corrected chi connectivity index (χ0v) is 25.5. The lowest BCUT2D eigenvalue weighted by molar-refractivity contribution is -0.138. The Bertz CT molecular complexity index is 1130. The van der Waals surface area contributed by atoms with E-state index in [1.54, 1.807) is 51.1 Å². The van der Waals surface area contributed by atoms with Gasteiger partial charge in [0.2, 0.25) is 23.6 Å². The SMILES string of the molecule is CC(C)(C)OC(=O)N1CCCOC1CCC(=O)N[C@@H](CS)C(=O)NCC(=O)N[C@@H](Cc1ccccc1)C(=O)NCC(=O)O. The predicted molar refractivity (Wildman–Crippen MR) is 158 cm³/mol. The average Bonchev–Trinajstić information content (AvgIpc) is 2.95. The topological polar surface area (TPSA) is 192 Å². The molecule has 14 nitrogen and oxygen atoms in total. The van der Waals surface area contributed by atoms with Gasteiger partial charge in [0.05, 0.1) is 13.2 Å². The van der Waals surface area contributed by atoms with Gasteiger partial charge in [0.1, 0.15) is 30.5 Å². The van der Waals surface area contributed by atoms with E-state index in [1.165, 1.54) is 4.90 Å². The molecule has 1 aliphatic heterocycles. The fraction of sp³-hybridized carbons (Fsp3) is 0.571. The van der Waals surface area contributed by atoms with Crippen LogP contribution in [0.4, 0.5) is 4.79 Å². The molecule has 15 heteroatoms. The van der Waals surface area contributed by atoms with E-state index in [4.69, 9.17) is 14.6 Å². The normalized spacial score (nSPS) is 16.3. The van der Waals surface area contributed by atoms with Gasteiger partial charge >= 0.3 is 12.1 Å². The van der Waals surface area contributed by atoms with Crippen LogP contribution in [-0.4, -0.2) is 102 Å². The van der Waals surface area contributed by atoms with Crippen molar-refractivity contribution in [2.75, 3.05) is 32.0 Å². The molecule has 0 radical (unpaired) electrons. The molecule has 1 aromatic carbocycles. The number of amides is 5. The van der Waals surface area contributed by atoms with Gasteiger partial charge in [-0.05, 0) is 32.8 Å². The van der Waals surface area contributed by atoms with Crippen molar-refractivity contribution >= 4 is 48.3 Å². The van der Waals surface area contributed by atoms with Crippen LogP contribution in [-0.2, 0) is 39.9 Å². The van der Waals surface area contributed by atoms with Crippen LogP contribution in [0.1, 0.15) is 45.6 Å². The second-order valence-electron chi connectivity index (χ2n) is 10.8. The van der Waals surface area contributed by atoms with Crippen molar-refractivity contribution in [1.29, 1.82) is 0 Å². The molecule has 2 rings (SSSR count). The molecule has 0 aromatic heterocycles.